The zero-order chi connectivity index (χ0) is 14.8. The quantitative estimate of drug-likeness (QED) is 0.909. The number of benzene rings is 1. The van der Waals surface area contributed by atoms with Crippen LogP contribution in [-0.2, 0) is 27.3 Å². The average Bonchev–Trinajstić information content (AvgIpc) is 2.85. The van der Waals surface area contributed by atoms with Gasteiger partial charge in [-0.3, -0.25) is 9.69 Å². The van der Waals surface area contributed by atoms with Crippen LogP contribution in [0, 0.1) is 0 Å². The fourth-order valence-electron chi connectivity index (χ4n) is 2.69. The Labute approximate surface area is 123 Å². The molecule has 0 radical (unpaired) electrons. The first-order valence-corrected chi connectivity index (χ1v) is 7.05. The smallest absolute Gasteiger partial charge is 0.414 e. The van der Waals surface area contributed by atoms with Gasteiger partial charge in [-0.25, -0.2) is 4.79 Å². The molecule has 1 N–H and O–H groups in total. The summed E-state index contributed by atoms with van der Waals surface area (Å²) in [4.78, 5) is 24.6. The fraction of sp³-hybridized carbons (Fsp3) is 0.467. The number of rotatable bonds is 3. The normalized spacial score (nSPS) is 20.9. The van der Waals surface area contributed by atoms with Crippen molar-refractivity contribution in [3.8, 4) is 0 Å². The first-order valence-electron chi connectivity index (χ1n) is 7.05. The van der Waals surface area contributed by atoms with Gasteiger partial charge in [0.2, 0.25) is 5.91 Å². The van der Waals surface area contributed by atoms with E-state index in [2.05, 4.69) is 5.32 Å². The van der Waals surface area contributed by atoms with E-state index in [0.29, 0.717) is 26.4 Å². The SMILES string of the molecule is CC(=O)NCC1COC(=O)N1c1ccc2c(c1)CCOC2. The summed E-state index contributed by atoms with van der Waals surface area (Å²) < 4.78 is 10.5. The van der Waals surface area contributed by atoms with Gasteiger partial charge in [0.25, 0.3) is 0 Å². The number of carbonyl (C=O) groups excluding carboxylic acids is 2. The van der Waals surface area contributed by atoms with Crippen molar-refractivity contribution >= 4 is 17.7 Å². The summed E-state index contributed by atoms with van der Waals surface area (Å²) in [5.41, 5.74) is 3.18. The molecule has 21 heavy (non-hydrogen) atoms. The topological polar surface area (TPSA) is 67.9 Å². The van der Waals surface area contributed by atoms with Gasteiger partial charge in [0, 0.05) is 19.2 Å². The lowest BCUT2D eigenvalue weighted by Gasteiger charge is -2.24. The van der Waals surface area contributed by atoms with Gasteiger partial charge in [0.05, 0.1) is 19.3 Å². The Balaban J connectivity index is 1.82. The monoisotopic (exact) mass is 290 g/mol. The molecule has 2 heterocycles. The van der Waals surface area contributed by atoms with E-state index in [0.717, 1.165) is 17.7 Å². The standard InChI is InChI=1S/C15H18N2O4/c1-10(18)16-7-14-9-21-15(19)17(14)13-3-2-12-8-20-5-4-11(12)6-13/h2-3,6,14H,4-5,7-9H2,1H3,(H,16,18). The molecule has 6 nitrogen and oxygen atoms in total. The summed E-state index contributed by atoms with van der Waals surface area (Å²) in [6, 6.07) is 5.75. The molecule has 2 amide bonds. The van der Waals surface area contributed by atoms with E-state index in [9.17, 15) is 9.59 Å². The van der Waals surface area contributed by atoms with Crippen molar-refractivity contribution in [1.29, 1.82) is 0 Å². The summed E-state index contributed by atoms with van der Waals surface area (Å²) in [5, 5.41) is 2.74. The number of nitrogens with one attached hydrogen (secondary N) is 1. The van der Waals surface area contributed by atoms with Crippen LogP contribution in [0.5, 0.6) is 0 Å². The molecule has 3 rings (SSSR count). The fourth-order valence-corrected chi connectivity index (χ4v) is 2.69. The molecule has 1 atom stereocenters. The number of cyclic esters (lactones) is 1. The number of hydrogen-bond donors (Lipinski definition) is 1. The van der Waals surface area contributed by atoms with Crippen molar-refractivity contribution in [2.45, 2.75) is 26.0 Å². The minimum absolute atomic E-state index is 0.114. The molecule has 1 unspecified atom stereocenters. The zero-order valence-electron chi connectivity index (χ0n) is 11.9. The molecular formula is C15H18N2O4. The predicted molar refractivity (Wildman–Crippen MR) is 76.1 cm³/mol. The van der Waals surface area contributed by atoms with E-state index in [1.807, 2.05) is 18.2 Å². The van der Waals surface area contributed by atoms with Gasteiger partial charge in [-0.1, -0.05) is 6.07 Å². The van der Waals surface area contributed by atoms with Crippen molar-refractivity contribution < 1.29 is 19.1 Å². The minimum atomic E-state index is -0.364. The van der Waals surface area contributed by atoms with Crippen LogP contribution in [0.1, 0.15) is 18.1 Å². The van der Waals surface area contributed by atoms with Gasteiger partial charge >= 0.3 is 6.09 Å². The third kappa shape index (κ3) is 2.85. The molecule has 2 aliphatic rings. The molecule has 0 spiro atoms. The Morgan fingerprint density at radius 1 is 1.43 bits per heavy atom. The van der Waals surface area contributed by atoms with Crippen molar-refractivity contribution in [2.75, 3.05) is 24.7 Å². The lowest BCUT2D eigenvalue weighted by atomic mass is 10.0. The van der Waals surface area contributed by atoms with Crippen LogP contribution in [0.4, 0.5) is 10.5 Å². The highest BCUT2D eigenvalue weighted by Gasteiger charge is 2.34. The van der Waals surface area contributed by atoms with Crippen LogP contribution in [0.2, 0.25) is 0 Å². The van der Waals surface area contributed by atoms with Gasteiger partial charge in [-0.05, 0) is 29.7 Å². The lowest BCUT2D eigenvalue weighted by Crippen LogP contribution is -2.42. The van der Waals surface area contributed by atoms with Crippen LogP contribution >= 0.6 is 0 Å². The Bertz CT molecular complexity index is 573. The number of amides is 2. The van der Waals surface area contributed by atoms with Crippen molar-refractivity contribution in [3.63, 3.8) is 0 Å². The summed E-state index contributed by atoms with van der Waals surface area (Å²) in [5.74, 6) is -0.114. The maximum Gasteiger partial charge on any atom is 0.414 e. The maximum atomic E-state index is 12.0. The summed E-state index contributed by atoms with van der Waals surface area (Å²) in [7, 11) is 0. The Kier molecular flexibility index (Phi) is 3.79. The Hall–Kier alpha value is -2.08. The van der Waals surface area contributed by atoms with E-state index in [4.69, 9.17) is 9.47 Å². The van der Waals surface area contributed by atoms with Gasteiger partial charge in [-0.2, -0.15) is 0 Å². The number of anilines is 1. The lowest BCUT2D eigenvalue weighted by molar-refractivity contribution is -0.119. The summed E-state index contributed by atoms with van der Waals surface area (Å²) >= 11 is 0. The predicted octanol–water partition coefficient (Wildman–Crippen LogP) is 1.22. The highest BCUT2D eigenvalue weighted by molar-refractivity contribution is 5.90. The van der Waals surface area contributed by atoms with Gasteiger partial charge < -0.3 is 14.8 Å². The molecule has 6 heteroatoms. The van der Waals surface area contributed by atoms with Crippen LogP contribution in [0.25, 0.3) is 0 Å². The van der Waals surface area contributed by atoms with E-state index < -0.39 is 0 Å². The van der Waals surface area contributed by atoms with E-state index >= 15 is 0 Å². The van der Waals surface area contributed by atoms with Crippen molar-refractivity contribution in [1.82, 2.24) is 5.32 Å². The second kappa shape index (κ2) is 5.73. The highest BCUT2D eigenvalue weighted by atomic mass is 16.6. The molecule has 0 saturated carbocycles. The molecule has 0 aromatic heterocycles. The van der Waals surface area contributed by atoms with E-state index in [1.54, 1.807) is 4.90 Å². The largest absolute Gasteiger partial charge is 0.447 e. The number of hydrogen-bond acceptors (Lipinski definition) is 4. The second-order valence-corrected chi connectivity index (χ2v) is 5.29. The Morgan fingerprint density at radius 3 is 3.10 bits per heavy atom. The second-order valence-electron chi connectivity index (χ2n) is 5.29. The van der Waals surface area contributed by atoms with Crippen molar-refractivity contribution in [3.05, 3.63) is 29.3 Å². The molecular weight excluding hydrogens is 272 g/mol. The zero-order valence-corrected chi connectivity index (χ0v) is 11.9. The number of carbonyl (C=O) groups is 2. The number of nitrogens with zero attached hydrogens (tertiary/aromatic N) is 1. The molecule has 1 saturated heterocycles. The highest BCUT2D eigenvalue weighted by Crippen LogP contribution is 2.27. The number of fused-ring (bicyclic) bond motifs is 1. The molecule has 0 aliphatic carbocycles. The van der Waals surface area contributed by atoms with Crippen LogP contribution in [-0.4, -0.2) is 37.8 Å². The van der Waals surface area contributed by atoms with Crippen molar-refractivity contribution in [2.24, 2.45) is 0 Å². The van der Waals surface area contributed by atoms with Gasteiger partial charge in [0.1, 0.15) is 6.61 Å². The molecule has 0 bridgehead atoms. The van der Waals surface area contributed by atoms with Crippen LogP contribution in [0.15, 0.2) is 18.2 Å². The first-order chi connectivity index (χ1) is 10.1. The maximum absolute atomic E-state index is 12.0. The van der Waals surface area contributed by atoms with Gasteiger partial charge in [0.15, 0.2) is 0 Å². The van der Waals surface area contributed by atoms with E-state index in [1.165, 1.54) is 12.5 Å². The minimum Gasteiger partial charge on any atom is -0.447 e. The molecule has 1 aromatic rings. The molecule has 1 fully saturated rings. The van der Waals surface area contributed by atoms with E-state index in [-0.39, 0.29) is 18.0 Å². The average molecular weight is 290 g/mol. The number of ether oxygens (including phenoxy) is 2. The Morgan fingerprint density at radius 2 is 2.29 bits per heavy atom. The first kappa shape index (κ1) is 13.9. The van der Waals surface area contributed by atoms with Gasteiger partial charge in [-0.15, -0.1) is 0 Å². The summed E-state index contributed by atoms with van der Waals surface area (Å²) in [6.45, 7) is 3.47. The third-order valence-electron chi connectivity index (χ3n) is 3.79. The molecule has 2 aliphatic heterocycles. The molecule has 1 aromatic carbocycles. The summed E-state index contributed by atoms with van der Waals surface area (Å²) in [6.07, 6.45) is 0.486. The third-order valence-corrected chi connectivity index (χ3v) is 3.79. The molecule has 112 valence electrons. The van der Waals surface area contributed by atoms with Crippen LogP contribution in [0.3, 0.4) is 0 Å². The van der Waals surface area contributed by atoms with Crippen LogP contribution < -0.4 is 10.2 Å².